The molecular weight excluding hydrogens is 208 g/mol. The lowest BCUT2D eigenvalue weighted by molar-refractivity contribution is 0.342. The van der Waals surface area contributed by atoms with Crippen molar-refractivity contribution in [2.24, 2.45) is 5.92 Å². The molecule has 0 radical (unpaired) electrons. The van der Waals surface area contributed by atoms with Crippen molar-refractivity contribution in [2.75, 3.05) is 6.61 Å². The van der Waals surface area contributed by atoms with Crippen LogP contribution in [0.1, 0.15) is 53.4 Å². The van der Waals surface area contributed by atoms with Crippen molar-refractivity contribution in [1.29, 1.82) is 0 Å². The van der Waals surface area contributed by atoms with Crippen molar-refractivity contribution in [3.05, 3.63) is 35.5 Å². The molecule has 0 heterocycles. The minimum absolute atomic E-state index is 0.134. The molecule has 0 amide bonds. The van der Waals surface area contributed by atoms with Gasteiger partial charge in [-0.15, -0.1) is 0 Å². The summed E-state index contributed by atoms with van der Waals surface area (Å²) in [5, 5.41) is 8.71. The molecule has 0 aliphatic heterocycles. The molecule has 0 saturated carbocycles. The number of hydrogen-bond donors (Lipinski definition) is 1. The first-order valence-corrected chi connectivity index (χ1v) is 6.63. The lowest BCUT2D eigenvalue weighted by Gasteiger charge is -2.07. The third kappa shape index (κ3) is 11.4. The van der Waals surface area contributed by atoms with E-state index in [4.69, 9.17) is 5.11 Å². The van der Waals surface area contributed by atoms with Crippen LogP contribution >= 0.6 is 0 Å². The van der Waals surface area contributed by atoms with Gasteiger partial charge in [-0.3, -0.25) is 0 Å². The highest BCUT2D eigenvalue weighted by Gasteiger charge is 1.98. The molecule has 0 aromatic heterocycles. The van der Waals surface area contributed by atoms with Crippen LogP contribution in [0, 0.1) is 5.92 Å². The molecule has 0 aromatic carbocycles. The summed E-state index contributed by atoms with van der Waals surface area (Å²) in [4.78, 5) is 0. The number of aliphatic hydroxyl groups is 1. The van der Waals surface area contributed by atoms with Gasteiger partial charge in [-0.25, -0.2) is 0 Å². The Morgan fingerprint density at radius 3 is 2.29 bits per heavy atom. The van der Waals surface area contributed by atoms with Crippen molar-refractivity contribution in [2.45, 2.75) is 53.4 Å². The van der Waals surface area contributed by atoms with Gasteiger partial charge < -0.3 is 5.11 Å². The van der Waals surface area contributed by atoms with Gasteiger partial charge in [-0.2, -0.15) is 0 Å². The quantitative estimate of drug-likeness (QED) is 0.480. The van der Waals surface area contributed by atoms with Gasteiger partial charge >= 0.3 is 0 Å². The van der Waals surface area contributed by atoms with Gasteiger partial charge in [0.15, 0.2) is 0 Å². The Labute approximate surface area is 107 Å². The molecule has 17 heavy (non-hydrogen) atoms. The summed E-state index contributed by atoms with van der Waals surface area (Å²) in [7, 11) is 0. The number of aliphatic hydroxyl groups excluding tert-OH is 1. The lowest BCUT2D eigenvalue weighted by atomic mass is 9.99. The molecule has 0 rings (SSSR count). The van der Waals surface area contributed by atoms with Gasteiger partial charge in [0.2, 0.25) is 0 Å². The second-order valence-corrected chi connectivity index (χ2v) is 5.07. The van der Waals surface area contributed by atoms with Crippen LogP contribution in [-0.4, -0.2) is 11.7 Å². The van der Waals surface area contributed by atoms with E-state index in [0.717, 1.165) is 17.9 Å². The van der Waals surface area contributed by atoms with E-state index in [1.165, 1.54) is 24.8 Å². The van der Waals surface area contributed by atoms with Crippen LogP contribution in [0.25, 0.3) is 0 Å². The van der Waals surface area contributed by atoms with E-state index >= 15 is 0 Å². The van der Waals surface area contributed by atoms with Gasteiger partial charge in [0, 0.05) is 0 Å². The van der Waals surface area contributed by atoms with Crippen LogP contribution < -0.4 is 0 Å². The molecule has 0 spiro atoms. The fraction of sp³-hybridized carbons (Fsp3) is 0.625. The molecular formula is C16H28O. The second kappa shape index (κ2) is 10.3. The van der Waals surface area contributed by atoms with Gasteiger partial charge in [0.25, 0.3) is 0 Å². The normalized spacial score (nSPS) is 14.1. The van der Waals surface area contributed by atoms with Crippen LogP contribution in [0.5, 0.6) is 0 Å². The van der Waals surface area contributed by atoms with Gasteiger partial charge in [-0.05, 0) is 52.4 Å². The predicted octanol–water partition coefficient (Wildman–Crippen LogP) is 4.64. The molecule has 0 aliphatic carbocycles. The number of rotatable bonds is 8. The van der Waals surface area contributed by atoms with E-state index < -0.39 is 0 Å². The molecule has 1 nitrogen and oxygen atoms in total. The minimum Gasteiger partial charge on any atom is -0.392 e. The molecule has 1 atom stereocenters. The van der Waals surface area contributed by atoms with E-state index in [2.05, 4.69) is 39.0 Å². The Morgan fingerprint density at radius 2 is 1.71 bits per heavy atom. The first-order valence-electron chi connectivity index (χ1n) is 6.63. The predicted molar refractivity (Wildman–Crippen MR) is 77.0 cm³/mol. The fourth-order valence-electron chi connectivity index (χ4n) is 1.66. The third-order valence-corrected chi connectivity index (χ3v) is 2.83. The summed E-state index contributed by atoms with van der Waals surface area (Å²) in [5.74, 6) is 0.789. The molecule has 98 valence electrons. The fourth-order valence-corrected chi connectivity index (χ4v) is 1.66. The maximum absolute atomic E-state index is 8.71. The van der Waals surface area contributed by atoms with Crippen molar-refractivity contribution in [3.63, 3.8) is 0 Å². The maximum Gasteiger partial charge on any atom is 0.0617 e. The van der Waals surface area contributed by atoms with E-state index in [-0.39, 0.29) is 6.61 Å². The zero-order chi connectivity index (χ0) is 13.1. The first kappa shape index (κ1) is 16.2. The molecule has 0 aliphatic rings. The highest BCUT2D eigenvalue weighted by molar-refractivity contribution is 5.15. The summed E-state index contributed by atoms with van der Waals surface area (Å²) in [6.45, 7) is 8.79. The van der Waals surface area contributed by atoms with Gasteiger partial charge in [-0.1, -0.05) is 42.4 Å². The summed E-state index contributed by atoms with van der Waals surface area (Å²) >= 11 is 0. The molecule has 1 unspecified atom stereocenters. The van der Waals surface area contributed by atoms with E-state index in [9.17, 15) is 0 Å². The van der Waals surface area contributed by atoms with Crippen LogP contribution in [0.15, 0.2) is 35.5 Å². The monoisotopic (exact) mass is 236 g/mol. The van der Waals surface area contributed by atoms with Crippen molar-refractivity contribution >= 4 is 0 Å². The molecule has 1 N–H and O–H groups in total. The molecule has 0 aromatic rings. The number of allylic oxidation sites excluding steroid dienone is 5. The lowest BCUT2D eigenvalue weighted by Crippen LogP contribution is -1.92. The maximum atomic E-state index is 8.71. The van der Waals surface area contributed by atoms with Crippen molar-refractivity contribution < 1.29 is 5.11 Å². The Morgan fingerprint density at radius 1 is 1.06 bits per heavy atom. The van der Waals surface area contributed by atoms with Crippen LogP contribution in [0.4, 0.5) is 0 Å². The Hall–Kier alpha value is -0.820. The summed E-state index contributed by atoms with van der Waals surface area (Å²) < 4.78 is 0. The van der Waals surface area contributed by atoms with Crippen LogP contribution in [0.2, 0.25) is 0 Å². The molecule has 1 heteroatoms. The number of hydrogen-bond acceptors (Lipinski definition) is 1. The summed E-state index contributed by atoms with van der Waals surface area (Å²) in [6.07, 6.45) is 13.3. The van der Waals surface area contributed by atoms with Crippen LogP contribution in [0.3, 0.4) is 0 Å². The summed E-state index contributed by atoms with van der Waals surface area (Å²) in [6, 6.07) is 0. The average molecular weight is 236 g/mol. The zero-order valence-electron chi connectivity index (χ0n) is 11.9. The van der Waals surface area contributed by atoms with Crippen LogP contribution in [-0.2, 0) is 0 Å². The Bertz CT molecular complexity index is 267. The molecule has 0 saturated heterocycles. The average Bonchev–Trinajstić information content (AvgIpc) is 2.24. The SMILES string of the molecule is CC(C)=CCCC(C)CC/C=C/C(C)=C/CO. The Kier molecular flexibility index (Phi) is 9.84. The van der Waals surface area contributed by atoms with E-state index in [1.807, 2.05) is 13.0 Å². The highest BCUT2D eigenvalue weighted by Crippen LogP contribution is 2.14. The van der Waals surface area contributed by atoms with E-state index in [0.29, 0.717) is 0 Å². The van der Waals surface area contributed by atoms with Crippen molar-refractivity contribution in [3.8, 4) is 0 Å². The smallest absolute Gasteiger partial charge is 0.0617 e. The third-order valence-electron chi connectivity index (χ3n) is 2.83. The zero-order valence-corrected chi connectivity index (χ0v) is 11.9. The largest absolute Gasteiger partial charge is 0.392 e. The molecule has 0 bridgehead atoms. The van der Waals surface area contributed by atoms with E-state index in [1.54, 1.807) is 0 Å². The Balaban J connectivity index is 3.67. The molecule has 0 fully saturated rings. The summed E-state index contributed by atoms with van der Waals surface area (Å²) in [5.41, 5.74) is 2.56. The van der Waals surface area contributed by atoms with Crippen molar-refractivity contribution in [1.82, 2.24) is 0 Å². The standard InChI is InChI=1S/C16H28O/c1-14(2)8-7-11-15(3)9-5-6-10-16(4)12-13-17/h6,8,10,12,15,17H,5,7,9,11,13H2,1-4H3/b10-6+,16-12+. The van der Waals surface area contributed by atoms with Gasteiger partial charge in [0.1, 0.15) is 0 Å². The second-order valence-electron chi connectivity index (χ2n) is 5.07. The topological polar surface area (TPSA) is 20.2 Å². The first-order chi connectivity index (χ1) is 8.06. The highest BCUT2D eigenvalue weighted by atomic mass is 16.2. The minimum atomic E-state index is 0.134. The van der Waals surface area contributed by atoms with Gasteiger partial charge in [0.05, 0.1) is 6.61 Å².